The second-order valence-electron chi connectivity index (χ2n) is 1.95. The first kappa shape index (κ1) is 13.7. The summed E-state index contributed by atoms with van der Waals surface area (Å²) in [7, 11) is 15.7. The molecule has 2 nitrogen and oxygen atoms in total. The molecule has 5 heteroatoms. The fourth-order valence-corrected chi connectivity index (χ4v) is 0.335. The Morgan fingerprint density at radius 2 is 1.80 bits per heavy atom. The second kappa shape index (κ2) is 12.8. The molecular weight excluding hydrogens is 265 g/mol. The van der Waals surface area contributed by atoms with E-state index in [9.17, 15) is 0 Å². The molecule has 0 aliphatic carbocycles. The van der Waals surface area contributed by atoms with Gasteiger partial charge in [0.2, 0.25) is 0 Å². The summed E-state index contributed by atoms with van der Waals surface area (Å²) >= 11 is -0.106. The average molecular weight is 280 g/mol. The summed E-state index contributed by atoms with van der Waals surface area (Å²) in [6.07, 6.45) is 0. The Morgan fingerprint density at radius 3 is 1.90 bits per heavy atom. The molecule has 0 aliphatic rings. The molecule has 0 radical (unpaired) electrons. The van der Waals surface area contributed by atoms with Crippen LogP contribution in [0.4, 0.5) is 0 Å². The van der Waals surface area contributed by atoms with Crippen molar-refractivity contribution >= 4 is 19.1 Å². The van der Waals surface area contributed by atoms with Crippen molar-refractivity contribution in [2.75, 3.05) is 34.2 Å². The predicted molar refractivity (Wildman–Crippen MR) is 44.2 cm³/mol. The van der Waals surface area contributed by atoms with E-state index < -0.39 is 0 Å². The fraction of sp³-hybridized carbons (Fsp3) is 1.00. The summed E-state index contributed by atoms with van der Waals surface area (Å²) < 4.78 is 0. The molecule has 0 spiro atoms. The standard InChI is InChI=1S/C5H14N2.2ClH.Pd/c1-6-4-5-7(2)3;;;/h6H,4-5H2,1-3H3;2*1H;/q;;;+2/p-2. The van der Waals surface area contributed by atoms with Crippen molar-refractivity contribution in [1.29, 1.82) is 0 Å². The fourth-order valence-electron chi connectivity index (χ4n) is 0.335. The minimum absolute atomic E-state index is 0.106. The van der Waals surface area contributed by atoms with E-state index >= 15 is 0 Å². The zero-order valence-electron chi connectivity index (χ0n) is 6.43. The van der Waals surface area contributed by atoms with Gasteiger partial charge in [0.15, 0.2) is 0 Å². The van der Waals surface area contributed by atoms with Crippen LogP contribution in [0.25, 0.3) is 0 Å². The van der Waals surface area contributed by atoms with E-state index in [4.69, 9.17) is 19.1 Å². The first-order valence-electron chi connectivity index (χ1n) is 2.80. The summed E-state index contributed by atoms with van der Waals surface area (Å²) in [6, 6.07) is 0. The Balaban J connectivity index is 0. The molecule has 0 rings (SSSR count). The molecule has 0 unspecified atom stereocenters. The van der Waals surface area contributed by atoms with Crippen LogP contribution in [0.2, 0.25) is 0 Å². The summed E-state index contributed by atoms with van der Waals surface area (Å²) in [4.78, 5) is 2.15. The third kappa shape index (κ3) is 22.9. The predicted octanol–water partition coefficient (Wildman–Crippen LogP) is 1.14. The molecule has 68 valence electrons. The normalized spacial score (nSPS) is 9.40. The molecule has 0 aliphatic heterocycles. The first-order valence-corrected chi connectivity index (χ1v) is 6.81. The van der Waals surface area contributed by atoms with Gasteiger partial charge in [-0.1, -0.05) is 0 Å². The maximum absolute atomic E-state index is 4.81. The molecule has 0 heterocycles. The molecule has 0 aromatic carbocycles. The van der Waals surface area contributed by atoms with Gasteiger partial charge in [-0.3, -0.25) is 0 Å². The average Bonchev–Trinajstić information content (AvgIpc) is 1.85. The summed E-state index contributed by atoms with van der Waals surface area (Å²) in [5, 5.41) is 3.06. The van der Waals surface area contributed by atoms with E-state index in [1.807, 2.05) is 7.05 Å². The van der Waals surface area contributed by atoms with Gasteiger partial charge in [-0.25, -0.2) is 0 Å². The molecule has 10 heavy (non-hydrogen) atoms. The van der Waals surface area contributed by atoms with Crippen molar-refractivity contribution in [3.05, 3.63) is 0 Å². The molecule has 0 aromatic heterocycles. The Morgan fingerprint density at radius 1 is 1.40 bits per heavy atom. The molecule has 0 amide bonds. The van der Waals surface area contributed by atoms with Gasteiger partial charge in [-0.15, -0.1) is 0 Å². The van der Waals surface area contributed by atoms with Crippen LogP contribution in [0, 0.1) is 0 Å². The number of nitrogens with zero attached hydrogens (tertiary/aromatic N) is 1. The van der Waals surface area contributed by atoms with Gasteiger partial charge in [-0.05, 0) is 21.1 Å². The van der Waals surface area contributed by atoms with Crippen molar-refractivity contribution in [3.8, 4) is 0 Å². The maximum atomic E-state index is 4.81. The van der Waals surface area contributed by atoms with Crippen LogP contribution < -0.4 is 5.32 Å². The van der Waals surface area contributed by atoms with Gasteiger partial charge >= 0.3 is 35.0 Å². The summed E-state index contributed by atoms with van der Waals surface area (Å²) in [5.41, 5.74) is 0. The van der Waals surface area contributed by atoms with Crippen molar-refractivity contribution in [2.24, 2.45) is 0 Å². The number of hydrogen-bond donors (Lipinski definition) is 1. The number of halogens is 2. The van der Waals surface area contributed by atoms with Crippen LogP contribution in [-0.2, 0) is 15.9 Å². The number of nitrogens with one attached hydrogen (secondary N) is 1. The number of rotatable bonds is 3. The Kier molecular flexibility index (Phi) is 17.6. The van der Waals surface area contributed by atoms with Crippen LogP contribution in [-0.4, -0.2) is 39.1 Å². The van der Waals surface area contributed by atoms with Crippen LogP contribution >= 0.6 is 19.1 Å². The van der Waals surface area contributed by atoms with Crippen LogP contribution in [0.3, 0.4) is 0 Å². The third-order valence-electron chi connectivity index (χ3n) is 0.809. The zero-order valence-corrected chi connectivity index (χ0v) is 9.50. The SMILES string of the molecule is CNCCN(C)C.[Cl][Pd][Cl]. The summed E-state index contributed by atoms with van der Waals surface area (Å²) in [5.74, 6) is 0. The first-order chi connectivity index (χ1) is 4.68. The van der Waals surface area contributed by atoms with Gasteiger partial charge in [0.1, 0.15) is 0 Å². The van der Waals surface area contributed by atoms with Crippen LogP contribution in [0.15, 0.2) is 0 Å². The number of hydrogen-bond acceptors (Lipinski definition) is 2. The van der Waals surface area contributed by atoms with Crippen molar-refractivity contribution in [1.82, 2.24) is 10.2 Å². The van der Waals surface area contributed by atoms with Gasteiger partial charge < -0.3 is 10.2 Å². The molecule has 0 fully saturated rings. The van der Waals surface area contributed by atoms with Gasteiger partial charge in [0.05, 0.1) is 0 Å². The molecule has 0 bridgehead atoms. The topological polar surface area (TPSA) is 15.3 Å². The molecule has 0 saturated heterocycles. The van der Waals surface area contributed by atoms with Crippen LogP contribution in [0.5, 0.6) is 0 Å². The van der Waals surface area contributed by atoms with E-state index in [2.05, 4.69) is 24.3 Å². The molecule has 0 atom stereocenters. The monoisotopic (exact) mass is 278 g/mol. The molecule has 1 N–H and O–H groups in total. The van der Waals surface area contributed by atoms with Crippen molar-refractivity contribution in [3.63, 3.8) is 0 Å². The van der Waals surface area contributed by atoms with E-state index in [0.29, 0.717) is 0 Å². The number of likely N-dealkylation sites (N-methyl/N-ethyl adjacent to an activating group) is 2. The second-order valence-corrected chi connectivity index (χ2v) is 4.31. The van der Waals surface area contributed by atoms with Crippen LogP contribution in [0.1, 0.15) is 0 Å². The van der Waals surface area contributed by atoms with Gasteiger partial charge in [0, 0.05) is 13.1 Å². The Bertz CT molecular complexity index is 54.9. The van der Waals surface area contributed by atoms with Gasteiger partial charge in [0.25, 0.3) is 0 Å². The van der Waals surface area contributed by atoms with Gasteiger partial charge in [-0.2, -0.15) is 0 Å². The van der Waals surface area contributed by atoms with Crippen molar-refractivity contribution in [2.45, 2.75) is 0 Å². The minimum atomic E-state index is -0.106. The third-order valence-corrected chi connectivity index (χ3v) is 0.809. The zero-order chi connectivity index (χ0) is 8.41. The molecule has 0 saturated carbocycles. The van der Waals surface area contributed by atoms with E-state index in [-0.39, 0.29) is 15.9 Å². The summed E-state index contributed by atoms with van der Waals surface area (Å²) in [6.45, 7) is 2.20. The Hall–Kier alpha value is 1.16. The Labute approximate surface area is 79.4 Å². The van der Waals surface area contributed by atoms with E-state index in [1.54, 1.807) is 0 Å². The van der Waals surface area contributed by atoms with E-state index in [1.165, 1.54) is 0 Å². The molecule has 0 aromatic rings. The molecular formula is C5H14Cl2N2Pd. The quantitative estimate of drug-likeness (QED) is 0.780. The van der Waals surface area contributed by atoms with Crippen molar-refractivity contribution < 1.29 is 15.9 Å². The van der Waals surface area contributed by atoms with E-state index in [0.717, 1.165) is 13.1 Å².